The molecule has 1 heterocycles. The first-order valence-corrected chi connectivity index (χ1v) is 6.97. The van der Waals surface area contributed by atoms with Crippen LogP contribution in [0.5, 0.6) is 0 Å². The van der Waals surface area contributed by atoms with Crippen molar-refractivity contribution in [1.82, 2.24) is 4.98 Å². The molecule has 0 saturated heterocycles. The van der Waals surface area contributed by atoms with E-state index in [9.17, 15) is 4.79 Å². The molecule has 1 aliphatic carbocycles. The predicted molar refractivity (Wildman–Crippen MR) is 72.3 cm³/mol. The van der Waals surface area contributed by atoms with E-state index in [0.717, 1.165) is 18.8 Å². The van der Waals surface area contributed by atoms with Gasteiger partial charge in [-0.1, -0.05) is 19.8 Å². The molecule has 0 aromatic carbocycles. The highest BCUT2D eigenvalue weighted by atomic mass is 16.5. The monoisotopic (exact) mass is 266 g/mol. The zero-order valence-corrected chi connectivity index (χ0v) is 11.9. The number of carbonyl (C=O) groups is 1. The maximum atomic E-state index is 11.5. The van der Waals surface area contributed by atoms with Gasteiger partial charge in [0.1, 0.15) is 6.26 Å². The second-order valence-electron chi connectivity index (χ2n) is 5.27. The van der Waals surface area contributed by atoms with Crippen LogP contribution in [0.3, 0.4) is 0 Å². The third-order valence-corrected chi connectivity index (χ3v) is 3.73. The summed E-state index contributed by atoms with van der Waals surface area (Å²) in [7, 11) is 1.98. The summed E-state index contributed by atoms with van der Waals surface area (Å²) >= 11 is 0. The van der Waals surface area contributed by atoms with Gasteiger partial charge in [-0.05, 0) is 25.7 Å². The van der Waals surface area contributed by atoms with Crippen molar-refractivity contribution in [2.24, 2.45) is 5.92 Å². The maximum Gasteiger partial charge on any atom is 0.360 e. The maximum absolute atomic E-state index is 11.5. The molecule has 0 amide bonds. The fourth-order valence-corrected chi connectivity index (χ4v) is 2.64. The standard InChI is InChI=1S/C14H22N2O3/c1-4-18-13(17)12-9-19-14(15-12)16(3)11-7-5-6-10(2)8-11/h9-11H,4-8H2,1-3H3. The van der Waals surface area contributed by atoms with Gasteiger partial charge in [0.05, 0.1) is 6.61 Å². The summed E-state index contributed by atoms with van der Waals surface area (Å²) in [4.78, 5) is 17.8. The summed E-state index contributed by atoms with van der Waals surface area (Å²) in [6.45, 7) is 4.39. The highest BCUT2D eigenvalue weighted by molar-refractivity contribution is 5.87. The number of esters is 1. The third-order valence-electron chi connectivity index (χ3n) is 3.73. The molecule has 0 N–H and O–H groups in total. The van der Waals surface area contributed by atoms with Gasteiger partial charge in [-0.3, -0.25) is 0 Å². The first-order chi connectivity index (χ1) is 9.11. The van der Waals surface area contributed by atoms with Crippen molar-refractivity contribution in [1.29, 1.82) is 0 Å². The molecule has 1 aromatic rings. The van der Waals surface area contributed by atoms with E-state index in [0.29, 0.717) is 18.7 Å². The van der Waals surface area contributed by atoms with Crippen molar-refractivity contribution >= 4 is 12.0 Å². The van der Waals surface area contributed by atoms with Crippen LogP contribution in [0.4, 0.5) is 6.01 Å². The fraction of sp³-hybridized carbons (Fsp3) is 0.714. The first-order valence-electron chi connectivity index (χ1n) is 6.97. The molecular weight excluding hydrogens is 244 g/mol. The summed E-state index contributed by atoms with van der Waals surface area (Å²) in [6, 6.07) is 0.944. The number of anilines is 1. The van der Waals surface area contributed by atoms with Gasteiger partial charge in [0.2, 0.25) is 0 Å². The van der Waals surface area contributed by atoms with Gasteiger partial charge in [-0.15, -0.1) is 0 Å². The zero-order valence-electron chi connectivity index (χ0n) is 11.9. The number of ether oxygens (including phenoxy) is 1. The van der Waals surface area contributed by atoms with E-state index in [-0.39, 0.29) is 5.69 Å². The Morgan fingerprint density at radius 1 is 1.58 bits per heavy atom. The Morgan fingerprint density at radius 2 is 2.37 bits per heavy atom. The molecule has 106 valence electrons. The van der Waals surface area contributed by atoms with Crippen LogP contribution in [0, 0.1) is 5.92 Å². The van der Waals surface area contributed by atoms with Gasteiger partial charge in [-0.25, -0.2) is 4.79 Å². The lowest BCUT2D eigenvalue weighted by Gasteiger charge is -2.33. The second kappa shape index (κ2) is 6.08. The normalized spacial score (nSPS) is 23.1. The minimum absolute atomic E-state index is 0.243. The van der Waals surface area contributed by atoms with E-state index in [2.05, 4.69) is 11.9 Å². The van der Waals surface area contributed by atoms with E-state index in [1.807, 2.05) is 11.9 Å². The van der Waals surface area contributed by atoms with E-state index in [1.54, 1.807) is 6.92 Å². The summed E-state index contributed by atoms with van der Waals surface area (Å²) in [5, 5.41) is 0. The molecule has 2 unspecified atom stereocenters. The summed E-state index contributed by atoms with van der Waals surface area (Å²) in [5.74, 6) is 0.309. The zero-order chi connectivity index (χ0) is 13.8. The van der Waals surface area contributed by atoms with Crippen LogP contribution >= 0.6 is 0 Å². The molecule has 0 aliphatic heterocycles. The largest absolute Gasteiger partial charge is 0.461 e. The van der Waals surface area contributed by atoms with Gasteiger partial charge in [0.15, 0.2) is 5.69 Å². The molecule has 5 nitrogen and oxygen atoms in total. The quantitative estimate of drug-likeness (QED) is 0.784. The minimum Gasteiger partial charge on any atom is -0.461 e. The lowest BCUT2D eigenvalue weighted by molar-refractivity contribution is 0.0519. The van der Waals surface area contributed by atoms with Crippen molar-refractivity contribution in [2.75, 3.05) is 18.6 Å². The Bertz CT molecular complexity index is 430. The van der Waals surface area contributed by atoms with E-state index < -0.39 is 5.97 Å². The summed E-state index contributed by atoms with van der Waals surface area (Å²) in [6.07, 6.45) is 6.20. The molecule has 1 saturated carbocycles. The van der Waals surface area contributed by atoms with Crippen molar-refractivity contribution in [3.63, 3.8) is 0 Å². The van der Waals surface area contributed by atoms with Crippen molar-refractivity contribution in [3.05, 3.63) is 12.0 Å². The van der Waals surface area contributed by atoms with Crippen LogP contribution < -0.4 is 4.90 Å². The Labute approximate surface area is 113 Å². The molecule has 1 fully saturated rings. The van der Waals surface area contributed by atoms with Crippen LogP contribution in [0.25, 0.3) is 0 Å². The smallest absolute Gasteiger partial charge is 0.360 e. The highest BCUT2D eigenvalue weighted by Gasteiger charge is 2.25. The molecule has 1 aliphatic rings. The summed E-state index contributed by atoms with van der Waals surface area (Å²) in [5.41, 5.74) is 0.243. The Kier molecular flexibility index (Phi) is 4.45. The van der Waals surface area contributed by atoms with E-state index in [1.165, 1.54) is 19.1 Å². The van der Waals surface area contributed by atoms with Crippen molar-refractivity contribution < 1.29 is 13.9 Å². The number of hydrogen-bond donors (Lipinski definition) is 0. The van der Waals surface area contributed by atoms with E-state index in [4.69, 9.17) is 9.15 Å². The van der Waals surface area contributed by atoms with Crippen LogP contribution in [0.15, 0.2) is 10.7 Å². The van der Waals surface area contributed by atoms with Gasteiger partial charge in [0.25, 0.3) is 6.01 Å². The van der Waals surface area contributed by atoms with Gasteiger partial charge in [0, 0.05) is 13.1 Å². The number of aromatic nitrogens is 1. The number of hydrogen-bond acceptors (Lipinski definition) is 5. The Morgan fingerprint density at radius 3 is 3.05 bits per heavy atom. The van der Waals surface area contributed by atoms with Crippen LogP contribution in [0.2, 0.25) is 0 Å². The Balaban J connectivity index is 2.03. The summed E-state index contributed by atoms with van der Waals surface area (Å²) < 4.78 is 10.3. The first kappa shape index (κ1) is 13.9. The second-order valence-corrected chi connectivity index (χ2v) is 5.27. The Hall–Kier alpha value is -1.52. The van der Waals surface area contributed by atoms with Crippen LogP contribution in [0.1, 0.15) is 50.0 Å². The minimum atomic E-state index is -0.428. The lowest BCUT2D eigenvalue weighted by atomic mass is 9.86. The number of nitrogens with zero attached hydrogens (tertiary/aromatic N) is 2. The average Bonchev–Trinajstić information content (AvgIpc) is 2.88. The lowest BCUT2D eigenvalue weighted by Crippen LogP contribution is -2.35. The molecule has 1 aromatic heterocycles. The van der Waals surface area contributed by atoms with Gasteiger partial charge in [-0.2, -0.15) is 4.98 Å². The number of carbonyl (C=O) groups excluding carboxylic acids is 1. The molecule has 19 heavy (non-hydrogen) atoms. The molecular formula is C14H22N2O3. The molecule has 2 rings (SSSR count). The third kappa shape index (κ3) is 3.28. The molecule has 0 bridgehead atoms. The fourth-order valence-electron chi connectivity index (χ4n) is 2.64. The molecule has 0 radical (unpaired) electrons. The topological polar surface area (TPSA) is 55.6 Å². The highest BCUT2D eigenvalue weighted by Crippen LogP contribution is 2.29. The van der Waals surface area contributed by atoms with Crippen molar-refractivity contribution in [3.8, 4) is 0 Å². The SMILES string of the molecule is CCOC(=O)c1coc(N(C)C2CCCC(C)C2)n1. The predicted octanol–water partition coefficient (Wildman–Crippen LogP) is 2.87. The number of oxazole rings is 1. The molecule has 0 spiro atoms. The van der Waals surface area contributed by atoms with Crippen LogP contribution in [-0.4, -0.2) is 30.6 Å². The molecule has 5 heteroatoms. The average molecular weight is 266 g/mol. The number of rotatable bonds is 4. The van der Waals surface area contributed by atoms with Gasteiger partial charge >= 0.3 is 5.97 Å². The van der Waals surface area contributed by atoms with Crippen LogP contribution in [-0.2, 0) is 4.74 Å². The van der Waals surface area contributed by atoms with Crippen molar-refractivity contribution in [2.45, 2.75) is 45.6 Å². The van der Waals surface area contributed by atoms with Gasteiger partial charge < -0.3 is 14.1 Å². The van der Waals surface area contributed by atoms with E-state index >= 15 is 0 Å². The molecule has 2 atom stereocenters.